The van der Waals surface area contributed by atoms with Crippen LogP contribution in [0.4, 0.5) is 5.69 Å². The molecule has 0 atom stereocenters. The number of nitrogen functional groups attached to an aromatic ring is 1. The Kier molecular flexibility index (Phi) is 3.30. The third-order valence-corrected chi connectivity index (χ3v) is 1.84. The number of nitrogens with zero attached hydrogens (tertiary/aromatic N) is 2. The Morgan fingerprint density at radius 2 is 2.15 bits per heavy atom. The molecule has 13 heavy (non-hydrogen) atoms. The zero-order valence-electron chi connectivity index (χ0n) is 7.70. The van der Waals surface area contributed by atoms with E-state index in [9.17, 15) is 0 Å². The van der Waals surface area contributed by atoms with E-state index in [1.807, 2.05) is 36.2 Å². The number of nitrogens with two attached hydrogens (primary N) is 1. The van der Waals surface area contributed by atoms with E-state index in [0.29, 0.717) is 6.54 Å². The van der Waals surface area contributed by atoms with Gasteiger partial charge in [-0.3, -0.25) is 4.90 Å². The fourth-order valence-electron chi connectivity index (χ4n) is 1.15. The summed E-state index contributed by atoms with van der Waals surface area (Å²) in [5, 5.41) is 8.46. The molecule has 1 aromatic carbocycles. The van der Waals surface area contributed by atoms with Crippen LogP contribution in [0.5, 0.6) is 0 Å². The Labute approximate surface area is 78.4 Å². The van der Waals surface area contributed by atoms with Gasteiger partial charge >= 0.3 is 0 Å². The van der Waals surface area contributed by atoms with Gasteiger partial charge in [0, 0.05) is 12.2 Å². The van der Waals surface area contributed by atoms with Crippen LogP contribution >= 0.6 is 0 Å². The van der Waals surface area contributed by atoms with Crippen molar-refractivity contribution in [2.45, 2.75) is 6.54 Å². The normalized spacial score (nSPS) is 9.92. The second-order valence-electron chi connectivity index (χ2n) is 3.03. The Morgan fingerprint density at radius 3 is 2.77 bits per heavy atom. The van der Waals surface area contributed by atoms with Crippen LogP contribution in [0.1, 0.15) is 5.56 Å². The van der Waals surface area contributed by atoms with E-state index in [0.717, 1.165) is 17.8 Å². The third-order valence-electron chi connectivity index (χ3n) is 1.84. The SMILES string of the molecule is CN(CC#N)Cc1ccccc1N. The highest BCUT2D eigenvalue weighted by atomic mass is 15.1. The molecular formula is C10H13N3. The third kappa shape index (κ3) is 2.77. The lowest BCUT2D eigenvalue weighted by atomic mass is 10.2. The van der Waals surface area contributed by atoms with Crippen LogP contribution in [0.15, 0.2) is 24.3 Å². The van der Waals surface area contributed by atoms with Crippen molar-refractivity contribution in [2.24, 2.45) is 0 Å². The summed E-state index contributed by atoms with van der Waals surface area (Å²) in [5.41, 5.74) is 7.61. The first-order valence-corrected chi connectivity index (χ1v) is 4.13. The predicted molar refractivity (Wildman–Crippen MR) is 52.8 cm³/mol. The van der Waals surface area contributed by atoms with Crippen LogP contribution in [0.3, 0.4) is 0 Å². The minimum absolute atomic E-state index is 0.425. The highest BCUT2D eigenvalue weighted by Gasteiger charge is 2.01. The van der Waals surface area contributed by atoms with Crippen LogP contribution < -0.4 is 5.73 Å². The second kappa shape index (κ2) is 4.48. The molecule has 0 saturated carbocycles. The molecule has 2 N–H and O–H groups in total. The molecule has 0 bridgehead atoms. The number of para-hydroxylation sites is 1. The van der Waals surface area contributed by atoms with Gasteiger partial charge in [0.25, 0.3) is 0 Å². The fourth-order valence-corrected chi connectivity index (χ4v) is 1.15. The van der Waals surface area contributed by atoms with Gasteiger partial charge in [0.15, 0.2) is 0 Å². The molecule has 3 nitrogen and oxygen atoms in total. The van der Waals surface area contributed by atoms with Gasteiger partial charge in [-0.15, -0.1) is 0 Å². The number of anilines is 1. The molecule has 1 rings (SSSR count). The molecule has 0 aliphatic rings. The monoisotopic (exact) mass is 175 g/mol. The van der Waals surface area contributed by atoms with Gasteiger partial charge in [-0.05, 0) is 18.7 Å². The molecule has 0 saturated heterocycles. The largest absolute Gasteiger partial charge is 0.398 e. The highest BCUT2D eigenvalue weighted by molar-refractivity contribution is 5.46. The molecule has 0 fully saturated rings. The molecule has 1 aromatic rings. The summed E-state index contributed by atoms with van der Waals surface area (Å²) in [6.07, 6.45) is 0. The summed E-state index contributed by atoms with van der Waals surface area (Å²) in [6.45, 7) is 1.15. The molecule has 0 aliphatic carbocycles. The first-order chi connectivity index (χ1) is 6.24. The number of benzene rings is 1. The lowest BCUT2D eigenvalue weighted by molar-refractivity contribution is 0.368. The summed E-state index contributed by atoms with van der Waals surface area (Å²) in [7, 11) is 1.90. The van der Waals surface area contributed by atoms with E-state index >= 15 is 0 Å². The molecule has 68 valence electrons. The minimum Gasteiger partial charge on any atom is -0.398 e. The van der Waals surface area contributed by atoms with Crippen LogP contribution in [-0.4, -0.2) is 18.5 Å². The standard InChI is InChI=1S/C10H13N3/c1-13(7-6-11)8-9-4-2-3-5-10(9)12/h2-5H,7-8,12H2,1H3. The molecule has 0 spiro atoms. The van der Waals surface area contributed by atoms with Crippen LogP contribution in [0.25, 0.3) is 0 Å². The molecule has 3 heteroatoms. The Morgan fingerprint density at radius 1 is 1.46 bits per heavy atom. The smallest absolute Gasteiger partial charge is 0.0866 e. The first kappa shape index (κ1) is 9.56. The maximum Gasteiger partial charge on any atom is 0.0866 e. The summed E-state index contributed by atoms with van der Waals surface area (Å²) >= 11 is 0. The quantitative estimate of drug-likeness (QED) is 0.555. The van der Waals surface area contributed by atoms with Crippen LogP contribution in [0.2, 0.25) is 0 Å². The van der Waals surface area contributed by atoms with Crippen molar-refractivity contribution < 1.29 is 0 Å². The van der Waals surface area contributed by atoms with Crippen molar-refractivity contribution in [1.29, 1.82) is 5.26 Å². The lowest BCUT2D eigenvalue weighted by Crippen LogP contribution is -2.18. The van der Waals surface area contributed by atoms with Gasteiger partial charge in [-0.25, -0.2) is 0 Å². The summed E-state index contributed by atoms with van der Waals surface area (Å²) in [6, 6.07) is 9.79. The number of nitriles is 1. The zero-order valence-corrected chi connectivity index (χ0v) is 7.70. The lowest BCUT2D eigenvalue weighted by Gasteiger charge is -2.13. The zero-order chi connectivity index (χ0) is 9.68. The first-order valence-electron chi connectivity index (χ1n) is 4.13. The molecule has 0 amide bonds. The summed E-state index contributed by atoms with van der Waals surface area (Å²) < 4.78 is 0. The van der Waals surface area contributed by atoms with E-state index in [1.165, 1.54) is 0 Å². The maximum absolute atomic E-state index is 8.46. The molecular weight excluding hydrogens is 162 g/mol. The van der Waals surface area contributed by atoms with Gasteiger partial charge in [0.1, 0.15) is 0 Å². The van der Waals surface area contributed by atoms with Crippen molar-refractivity contribution in [1.82, 2.24) is 4.90 Å². The average molecular weight is 175 g/mol. The van der Waals surface area contributed by atoms with Gasteiger partial charge in [-0.1, -0.05) is 18.2 Å². The molecule has 0 unspecified atom stereocenters. The van der Waals surface area contributed by atoms with Gasteiger partial charge < -0.3 is 5.73 Å². The number of hydrogen-bond acceptors (Lipinski definition) is 3. The average Bonchev–Trinajstić information content (AvgIpc) is 2.09. The molecule has 0 radical (unpaired) electrons. The van der Waals surface area contributed by atoms with Crippen molar-refractivity contribution in [3.8, 4) is 6.07 Å². The number of rotatable bonds is 3. The van der Waals surface area contributed by atoms with Crippen LogP contribution in [0, 0.1) is 11.3 Å². The van der Waals surface area contributed by atoms with Crippen molar-refractivity contribution in [3.05, 3.63) is 29.8 Å². The maximum atomic E-state index is 8.46. The van der Waals surface area contributed by atoms with Crippen molar-refractivity contribution >= 4 is 5.69 Å². The van der Waals surface area contributed by atoms with Gasteiger partial charge in [-0.2, -0.15) is 5.26 Å². The van der Waals surface area contributed by atoms with Gasteiger partial charge in [0.2, 0.25) is 0 Å². The predicted octanol–water partition coefficient (Wildman–Crippen LogP) is 1.22. The molecule has 0 heterocycles. The topological polar surface area (TPSA) is 53.0 Å². The Hall–Kier alpha value is -1.53. The fraction of sp³-hybridized carbons (Fsp3) is 0.300. The molecule has 0 aromatic heterocycles. The van der Waals surface area contributed by atoms with E-state index in [4.69, 9.17) is 11.0 Å². The summed E-state index contributed by atoms with van der Waals surface area (Å²) in [4.78, 5) is 1.92. The Balaban J connectivity index is 2.64. The summed E-state index contributed by atoms with van der Waals surface area (Å²) in [5.74, 6) is 0. The second-order valence-corrected chi connectivity index (χ2v) is 3.03. The number of hydrogen-bond donors (Lipinski definition) is 1. The van der Waals surface area contributed by atoms with E-state index in [-0.39, 0.29) is 0 Å². The van der Waals surface area contributed by atoms with Crippen molar-refractivity contribution in [2.75, 3.05) is 19.3 Å². The van der Waals surface area contributed by atoms with Crippen molar-refractivity contribution in [3.63, 3.8) is 0 Å². The van der Waals surface area contributed by atoms with Gasteiger partial charge in [0.05, 0.1) is 12.6 Å². The minimum atomic E-state index is 0.425. The van der Waals surface area contributed by atoms with Crippen LogP contribution in [-0.2, 0) is 6.54 Å². The van der Waals surface area contributed by atoms with E-state index < -0.39 is 0 Å². The molecule has 0 aliphatic heterocycles. The Bertz CT molecular complexity index is 314. The van der Waals surface area contributed by atoms with E-state index in [1.54, 1.807) is 0 Å². The highest BCUT2D eigenvalue weighted by Crippen LogP contribution is 2.11. The van der Waals surface area contributed by atoms with E-state index in [2.05, 4.69) is 6.07 Å².